The fourth-order valence-corrected chi connectivity index (χ4v) is 7.46. The molecule has 0 saturated carbocycles. The van der Waals surface area contributed by atoms with Gasteiger partial charge in [-0.25, -0.2) is 0 Å². The van der Waals surface area contributed by atoms with Crippen LogP contribution in [0.3, 0.4) is 0 Å². The number of ketones is 2. The van der Waals surface area contributed by atoms with E-state index in [1.807, 2.05) is 61.5 Å². The van der Waals surface area contributed by atoms with Crippen molar-refractivity contribution in [3.05, 3.63) is 105 Å². The van der Waals surface area contributed by atoms with Crippen LogP contribution in [-0.4, -0.2) is 69.8 Å². The third kappa shape index (κ3) is 8.70. The number of piperidine rings is 2. The Kier molecular flexibility index (Phi) is 12.8. The standard InChI is InChI=1S/2C20H25ClN2O/c1-3-17-13-19(20(24)14-22-11-5-4-6-12-22)15(2)23(17)18-9-7-16(21)8-10-18;1-3-19-18(20(24)14-22-11-5-4-6-12-22)13-15(2)23(19)17-9-7-16(21)8-10-17/h2*7-10,13H,3-6,11-12,14H2,1-2H3. The van der Waals surface area contributed by atoms with E-state index in [0.29, 0.717) is 13.1 Å². The summed E-state index contributed by atoms with van der Waals surface area (Å²) in [5.74, 6) is 0.473. The maximum Gasteiger partial charge on any atom is 0.178 e. The van der Waals surface area contributed by atoms with Crippen LogP contribution in [0.15, 0.2) is 60.7 Å². The van der Waals surface area contributed by atoms with Gasteiger partial charge in [0.2, 0.25) is 0 Å². The highest BCUT2D eigenvalue weighted by Gasteiger charge is 2.23. The number of aromatic nitrogens is 2. The maximum absolute atomic E-state index is 12.9. The molecule has 0 N–H and O–H groups in total. The topological polar surface area (TPSA) is 50.5 Å². The molecule has 6 nitrogen and oxygen atoms in total. The predicted octanol–water partition coefficient (Wildman–Crippen LogP) is 9.34. The number of carbonyl (C=O) groups excluding carboxylic acids is 2. The number of aryl methyl sites for hydroxylation is 2. The number of Topliss-reactive ketones (excluding diaryl/α,β-unsaturated/α-hetero) is 2. The number of hydrogen-bond acceptors (Lipinski definition) is 4. The molecule has 2 aromatic heterocycles. The van der Waals surface area contributed by atoms with Crippen LogP contribution in [0.5, 0.6) is 0 Å². The Morgan fingerprint density at radius 1 is 0.604 bits per heavy atom. The predicted molar refractivity (Wildman–Crippen MR) is 199 cm³/mol. The van der Waals surface area contributed by atoms with E-state index in [0.717, 1.165) is 94.3 Å². The van der Waals surface area contributed by atoms with Crippen molar-refractivity contribution >= 4 is 34.8 Å². The van der Waals surface area contributed by atoms with Gasteiger partial charge in [0.1, 0.15) is 0 Å². The summed E-state index contributed by atoms with van der Waals surface area (Å²) >= 11 is 12.0. The van der Waals surface area contributed by atoms with Crippen LogP contribution in [0.2, 0.25) is 10.0 Å². The average molecular weight is 690 g/mol. The minimum absolute atomic E-state index is 0.233. The van der Waals surface area contributed by atoms with E-state index in [9.17, 15) is 9.59 Å². The van der Waals surface area contributed by atoms with Crippen molar-refractivity contribution < 1.29 is 9.59 Å². The van der Waals surface area contributed by atoms with Gasteiger partial charge >= 0.3 is 0 Å². The van der Waals surface area contributed by atoms with Gasteiger partial charge in [0, 0.05) is 55.3 Å². The van der Waals surface area contributed by atoms with Crippen molar-refractivity contribution in [2.24, 2.45) is 0 Å². The molecule has 0 unspecified atom stereocenters. The molecule has 0 amide bonds. The highest BCUT2D eigenvalue weighted by atomic mass is 35.5. The molecule has 6 rings (SSSR count). The van der Waals surface area contributed by atoms with E-state index >= 15 is 0 Å². The van der Waals surface area contributed by atoms with E-state index in [1.54, 1.807) is 0 Å². The molecule has 2 aliphatic heterocycles. The fraction of sp³-hybridized carbons (Fsp3) is 0.450. The van der Waals surface area contributed by atoms with Crippen LogP contribution in [0.1, 0.15) is 95.9 Å². The zero-order valence-electron chi connectivity index (χ0n) is 29.0. The van der Waals surface area contributed by atoms with Gasteiger partial charge in [0.25, 0.3) is 0 Å². The Morgan fingerprint density at radius 2 is 1.06 bits per heavy atom. The fourth-order valence-electron chi connectivity index (χ4n) is 7.20. The minimum Gasteiger partial charge on any atom is -0.317 e. The van der Waals surface area contributed by atoms with Crippen LogP contribution < -0.4 is 0 Å². The second kappa shape index (κ2) is 17.0. The Balaban J connectivity index is 0.000000188. The van der Waals surface area contributed by atoms with Gasteiger partial charge in [0.05, 0.1) is 13.1 Å². The highest BCUT2D eigenvalue weighted by molar-refractivity contribution is 6.30. The smallest absolute Gasteiger partial charge is 0.178 e. The third-order valence-electron chi connectivity index (χ3n) is 9.71. The van der Waals surface area contributed by atoms with Crippen molar-refractivity contribution in [1.29, 1.82) is 0 Å². The summed E-state index contributed by atoms with van der Waals surface area (Å²) in [5, 5.41) is 1.45. The Morgan fingerprint density at radius 3 is 1.52 bits per heavy atom. The van der Waals surface area contributed by atoms with E-state index in [4.69, 9.17) is 23.2 Å². The van der Waals surface area contributed by atoms with Gasteiger partial charge in [-0.3, -0.25) is 19.4 Å². The van der Waals surface area contributed by atoms with E-state index < -0.39 is 0 Å². The van der Waals surface area contributed by atoms with Crippen molar-refractivity contribution in [2.75, 3.05) is 39.3 Å². The number of carbonyl (C=O) groups is 2. The number of hydrogen-bond donors (Lipinski definition) is 0. The summed E-state index contributed by atoms with van der Waals surface area (Å²) < 4.78 is 4.36. The molecule has 48 heavy (non-hydrogen) atoms. The molecule has 256 valence electrons. The lowest BCUT2D eigenvalue weighted by atomic mass is 10.1. The molecule has 0 spiro atoms. The molecule has 0 radical (unpaired) electrons. The van der Waals surface area contributed by atoms with Gasteiger partial charge in [-0.05, 0) is 139 Å². The number of halogens is 2. The summed E-state index contributed by atoms with van der Waals surface area (Å²) in [7, 11) is 0. The zero-order valence-corrected chi connectivity index (χ0v) is 30.5. The Hall–Kier alpha value is -3.16. The number of benzene rings is 2. The van der Waals surface area contributed by atoms with E-state index in [-0.39, 0.29) is 11.6 Å². The first-order valence-electron chi connectivity index (χ1n) is 17.7. The van der Waals surface area contributed by atoms with Crippen LogP contribution in [0.25, 0.3) is 11.4 Å². The lowest BCUT2D eigenvalue weighted by Crippen LogP contribution is -2.34. The second-order valence-electron chi connectivity index (χ2n) is 13.1. The lowest BCUT2D eigenvalue weighted by molar-refractivity contribution is 0.0907. The zero-order chi connectivity index (χ0) is 34.2. The minimum atomic E-state index is 0.233. The molecule has 0 atom stereocenters. The SMILES string of the molecule is CCc1c(C(=O)CN2CCCCC2)cc(C)n1-c1ccc(Cl)cc1.CCc1cc(C(=O)CN2CCCCC2)c(C)n1-c1ccc(Cl)cc1. The molecule has 8 heteroatoms. The number of rotatable bonds is 10. The van der Waals surface area contributed by atoms with Crippen molar-refractivity contribution in [3.8, 4) is 11.4 Å². The summed E-state index contributed by atoms with van der Waals surface area (Å²) in [6.45, 7) is 13.6. The molecular formula is C40H50Cl2N4O2. The Bertz CT molecular complexity index is 1630. The van der Waals surface area contributed by atoms with Crippen LogP contribution in [0, 0.1) is 13.8 Å². The highest BCUT2D eigenvalue weighted by Crippen LogP contribution is 2.26. The van der Waals surface area contributed by atoms with Gasteiger partial charge in [-0.1, -0.05) is 49.9 Å². The third-order valence-corrected chi connectivity index (χ3v) is 10.2. The molecule has 2 fully saturated rings. The van der Waals surface area contributed by atoms with Crippen LogP contribution >= 0.6 is 23.2 Å². The molecule has 0 bridgehead atoms. The Labute approximate surface area is 296 Å². The average Bonchev–Trinajstić information content (AvgIpc) is 3.62. The molecule has 2 saturated heterocycles. The van der Waals surface area contributed by atoms with Gasteiger partial charge in [-0.15, -0.1) is 0 Å². The summed E-state index contributed by atoms with van der Waals surface area (Å²) in [4.78, 5) is 30.3. The number of likely N-dealkylation sites (tertiary alicyclic amines) is 2. The van der Waals surface area contributed by atoms with E-state index in [1.165, 1.54) is 38.5 Å². The lowest BCUT2D eigenvalue weighted by Gasteiger charge is -2.25. The summed E-state index contributed by atoms with van der Waals surface area (Å²) in [5.41, 5.74) is 8.22. The van der Waals surface area contributed by atoms with Crippen molar-refractivity contribution in [1.82, 2.24) is 18.9 Å². The molecule has 2 aromatic carbocycles. The normalized spacial score (nSPS) is 15.6. The van der Waals surface area contributed by atoms with E-state index in [2.05, 4.69) is 45.8 Å². The van der Waals surface area contributed by atoms with Crippen LogP contribution in [0.4, 0.5) is 0 Å². The quantitative estimate of drug-likeness (QED) is 0.156. The van der Waals surface area contributed by atoms with Crippen molar-refractivity contribution in [2.45, 2.75) is 79.1 Å². The van der Waals surface area contributed by atoms with Crippen LogP contribution in [-0.2, 0) is 12.8 Å². The maximum atomic E-state index is 12.9. The summed E-state index contributed by atoms with van der Waals surface area (Å²) in [6, 6.07) is 19.7. The number of nitrogens with zero attached hydrogens (tertiary/aromatic N) is 4. The van der Waals surface area contributed by atoms with Gasteiger partial charge < -0.3 is 9.13 Å². The molecule has 4 heterocycles. The first-order chi connectivity index (χ1) is 23.2. The van der Waals surface area contributed by atoms with Gasteiger partial charge in [0.15, 0.2) is 11.6 Å². The second-order valence-corrected chi connectivity index (χ2v) is 14.0. The van der Waals surface area contributed by atoms with Crippen molar-refractivity contribution in [3.63, 3.8) is 0 Å². The molecular weight excluding hydrogens is 639 g/mol. The largest absolute Gasteiger partial charge is 0.317 e. The summed E-state index contributed by atoms with van der Waals surface area (Å²) in [6.07, 6.45) is 9.12. The first kappa shape index (κ1) is 36.1. The first-order valence-corrected chi connectivity index (χ1v) is 18.4. The van der Waals surface area contributed by atoms with Gasteiger partial charge in [-0.2, -0.15) is 0 Å². The molecule has 0 aliphatic carbocycles. The monoisotopic (exact) mass is 688 g/mol. The molecule has 2 aliphatic rings. The molecule has 4 aromatic rings.